The van der Waals surface area contributed by atoms with E-state index in [0.717, 1.165) is 23.1 Å². The van der Waals surface area contributed by atoms with E-state index in [1.165, 1.54) is 14.0 Å². The number of halogens is 1. The molecule has 1 N–H and O–H groups in total. The lowest BCUT2D eigenvalue weighted by Crippen LogP contribution is -2.55. The number of hydrogen-bond acceptors (Lipinski definition) is 5. The molecule has 0 spiro atoms. The Kier molecular flexibility index (Phi) is 6.86. The Labute approximate surface area is 221 Å². The van der Waals surface area contributed by atoms with Crippen molar-refractivity contribution in [3.05, 3.63) is 75.8 Å². The fraction of sp³-hybridized carbons (Fsp3) is 0.414. The topological polar surface area (TPSA) is 87.2 Å². The normalized spacial score (nSPS) is 22.7. The van der Waals surface area contributed by atoms with Gasteiger partial charge in [0.15, 0.2) is 5.78 Å². The van der Waals surface area contributed by atoms with E-state index in [1.54, 1.807) is 29.2 Å². The number of urea groups is 1. The fourth-order valence-corrected chi connectivity index (χ4v) is 6.16. The lowest BCUT2D eigenvalue weighted by molar-refractivity contribution is -0.136. The quantitative estimate of drug-likeness (QED) is 0.460. The van der Waals surface area contributed by atoms with Gasteiger partial charge < -0.3 is 19.6 Å². The maximum Gasteiger partial charge on any atom is 0.336 e. The number of nitrogens with zero attached hydrogens (tertiary/aromatic N) is 2. The van der Waals surface area contributed by atoms with Crippen molar-refractivity contribution in [1.82, 2.24) is 9.80 Å². The van der Waals surface area contributed by atoms with Gasteiger partial charge in [-0.3, -0.25) is 4.79 Å². The van der Waals surface area contributed by atoms with Crippen LogP contribution in [0.3, 0.4) is 0 Å². The van der Waals surface area contributed by atoms with E-state index in [2.05, 4.69) is 0 Å². The zero-order valence-corrected chi connectivity index (χ0v) is 21.8. The predicted octanol–water partition coefficient (Wildman–Crippen LogP) is 4.81. The first-order chi connectivity index (χ1) is 17.7. The van der Waals surface area contributed by atoms with Crippen LogP contribution in [0, 0.1) is 0 Å². The fourth-order valence-electron chi connectivity index (χ4n) is 6.03. The number of esters is 1. The Morgan fingerprint density at radius 3 is 2.24 bits per heavy atom. The Morgan fingerprint density at radius 2 is 1.65 bits per heavy atom. The van der Waals surface area contributed by atoms with Gasteiger partial charge in [-0.2, -0.15) is 0 Å². The van der Waals surface area contributed by atoms with Crippen molar-refractivity contribution < 1.29 is 24.2 Å². The molecule has 0 aliphatic carbocycles. The van der Waals surface area contributed by atoms with Gasteiger partial charge in [-0.1, -0.05) is 48.0 Å². The van der Waals surface area contributed by atoms with Crippen LogP contribution in [0.25, 0.3) is 5.57 Å². The van der Waals surface area contributed by atoms with Crippen LogP contribution in [0.4, 0.5) is 4.79 Å². The molecule has 2 saturated heterocycles. The number of carbonyl (C=O) groups excluding carboxylic acids is 3. The third-order valence-corrected chi connectivity index (χ3v) is 8.36. The summed E-state index contributed by atoms with van der Waals surface area (Å²) in [5, 5.41) is 11.9. The van der Waals surface area contributed by atoms with E-state index in [0.29, 0.717) is 54.9 Å². The van der Waals surface area contributed by atoms with Gasteiger partial charge in [0.2, 0.25) is 0 Å². The number of rotatable bonds is 4. The highest BCUT2D eigenvalue weighted by Gasteiger charge is 2.48. The summed E-state index contributed by atoms with van der Waals surface area (Å²) in [5.41, 5.74) is 2.70. The number of ether oxygens (including phenoxy) is 1. The number of ketones is 1. The van der Waals surface area contributed by atoms with E-state index in [4.69, 9.17) is 16.3 Å². The first kappa shape index (κ1) is 25.5. The second-order valence-electron chi connectivity index (χ2n) is 10.2. The molecule has 2 aromatic carbocycles. The molecule has 0 saturated carbocycles. The van der Waals surface area contributed by atoms with E-state index in [1.807, 2.05) is 29.2 Å². The van der Waals surface area contributed by atoms with Crippen LogP contribution < -0.4 is 0 Å². The molecule has 5 rings (SSSR count). The number of fused-ring (bicyclic) bond motifs is 2. The summed E-state index contributed by atoms with van der Waals surface area (Å²) in [6, 6.07) is 14.0. The average molecular weight is 523 g/mol. The number of hydrogen-bond donors (Lipinski definition) is 1. The standard InChI is InChI=1S/C29H31ClN2O5/c1-18(33)19-3-5-20(6-4-19)24-17-23-11-12-25(26(24)27(34)37-2)32(23)28(35)31-15-13-29(36,14-16-31)21-7-9-22(30)10-8-21/h3-10,23,25,36H,11-17H2,1-2H3. The maximum atomic E-state index is 13.8. The number of aliphatic hydroxyl groups is 1. The molecule has 7 nitrogen and oxygen atoms in total. The molecule has 194 valence electrons. The lowest BCUT2D eigenvalue weighted by atomic mass is 9.84. The largest absolute Gasteiger partial charge is 0.466 e. The second-order valence-corrected chi connectivity index (χ2v) is 10.6. The number of Topliss-reactive ketones (excluding diaryl/α,β-unsaturated/α-hetero) is 1. The maximum absolute atomic E-state index is 13.8. The molecule has 3 aliphatic rings. The zero-order chi connectivity index (χ0) is 26.3. The van der Waals surface area contributed by atoms with Gasteiger partial charge in [-0.15, -0.1) is 0 Å². The summed E-state index contributed by atoms with van der Waals surface area (Å²) in [6.45, 7) is 2.37. The second kappa shape index (κ2) is 9.95. The summed E-state index contributed by atoms with van der Waals surface area (Å²) in [6.07, 6.45) is 2.90. The lowest BCUT2D eigenvalue weighted by Gasteiger charge is -2.44. The first-order valence-electron chi connectivity index (χ1n) is 12.7. The van der Waals surface area contributed by atoms with Gasteiger partial charge in [0.1, 0.15) is 0 Å². The number of methoxy groups -OCH3 is 1. The number of carbonyl (C=O) groups is 3. The van der Waals surface area contributed by atoms with Crippen molar-refractivity contribution in [1.29, 1.82) is 0 Å². The highest BCUT2D eigenvalue weighted by molar-refractivity contribution is 6.30. The Bertz CT molecular complexity index is 1250. The molecule has 2 atom stereocenters. The van der Waals surface area contributed by atoms with Crippen LogP contribution in [-0.2, 0) is 15.1 Å². The monoisotopic (exact) mass is 522 g/mol. The predicted molar refractivity (Wildman–Crippen MR) is 140 cm³/mol. The summed E-state index contributed by atoms with van der Waals surface area (Å²) >= 11 is 6.00. The van der Waals surface area contributed by atoms with Crippen LogP contribution in [0.2, 0.25) is 5.02 Å². The summed E-state index contributed by atoms with van der Waals surface area (Å²) < 4.78 is 5.17. The van der Waals surface area contributed by atoms with Crippen LogP contribution in [0.15, 0.2) is 54.1 Å². The van der Waals surface area contributed by atoms with Gasteiger partial charge in [0.05, 0.1) is 24.3 Å². The zero-order valence-electron chi connectivity index (χ0n) is 21.1. The highest BCUT2D eigenvalue weighted by atomic mass is 35.5. The van der Waals surface area contributed by atoms with Crippen molar-refractivity contribution in [3.8, 4) is 0 Å². The Morgan fingerprint density at radius 1 is 1.00 bits per heavy atom. The summed E-state index contributed by atoms with van der Waals surface area (Å²) in [7, 11) is 1.36. The molecule has 2 bridgehead atoms. The number of amides is 2. The summed E-state index contributed by atoms with van der Waals surface area (Å²) in [4.78, 5) is 42.1. The molecular weight excluding hydrogens is 492 g/mol. The minimum absolute atomic E-state index is 0.0151. The smallest absolute Gasteiger partial charge is 0.336 e. The third kappa shape index (κ3) is 4.66. The van der Waals surface area contributed by atoms with Gasteiger partial charge in [-0.25, -0.2) is 9.59 Å². The molecule has 0 aromatic heterocycles. The molecule has 2 unspecified atom stereocenters. The molecule has 37 heavy (non-hydrogen) atoms. The average Bonchev–Trinajstić information content (AvgIpc) is 3.21. The van der Waals surface area contributed by atoms with E-state index < -0.39 is 11.6 Å². The van der Waals surface area contributed by atoms with Crippen molar-refractivity contribution in [3.63, 3.8) is 0 Å². The van der Waals surface area contributed by atoms with Gasteiger partial charge in [-0.05, 0) is 67.9 Å². The molecule has 8 heteroatoms. The molecule has 3 heterocycles. The van der Waals surface area contributed by atoms with Gasteiger partial charge in [0, 0.05) is 29.7 Å². The third-order valence-electron chi connectivity index (χ3n) is 8.11. The Hall–Kier alpha value is -3.16. The molecule has 3 aliphatic heterocycles. The molecular formula is C29H31ClN2O5. The highest BCUT2D eigenvalue weighted by Crippen LogP contribution is 2.44. The van der Waals surface area contributed by atoms with E-state index >= 15 is 0 Å². The molecule has 0 radical (unpaired) electrons. The van der Waals surface area contributed by atoms with Crippen molar-refractivity contribution >= 4 is 35.0 Å². The van der Waals surface area contributed by atoms with E-state index in [-0.39, 0.29) is 23.9 Å². The van der Waals surface area contributed by atoms with E-state index in [9.17, 15) is 19.5 Å². The van der Waals surface area contributed by atoms with Crippen LogP contribution in [-0.4, -0.2) is 65.0 Å². The van der Waals surface area contributed by atoms with Crippen LogP contribution in [0.1, 0.15) is 60.5 Å². The van der Waals surface area contributed by atoms with Crippen LogP contribution in [0.5, 0.6) is 0 Å². The molecule has 2 fully saturated rings. The summed E-state index contributed by atoms with van der Waals surface area (Å²) in [5.74, 6) is -0.441. The van der Waals surface area contributed by atoms with Crippen molar-refractivity contribution in [2.45, 2.75) is 56.7 Å². The minimum Gasteiger partial charge on any atom is -0.466 e. The number of benzene rings is 2. The van der Waals surface area contributed by atoms with Gasteiger partial charge in [0.25, 0.3) is 0 Å². The number of likely N-dealkylation sites (tertiary alicyclic amines) is 1. The molecule has 2 aromatic rings. The van der Waals surface area contributed by atoms with Crippen molar-refractivity contribution in [2.24, 2.45) is 0 Å². The molecule has 2 amide bonds. The van der Waals surface area contributed by atoms with Crippen LogP contribution >= 0.6 is 11.6 Å². The minimum atomic E-state index is -1.00. The number of piperidine rings is 1. The SMILES string of the molecule is COC(=O)C1=C(c2ccc(C(C)=O)cc2)CC2CCC1N2C(=O)N1CCC(O)(c2ccc(Cl)cc2)CC1. The van der Waals surface area contributed by atoms with Gasteiger partial charge >= 0.3 is 12.0 Å². The van der Waals surface area contributed by atoms with Crippen molar-refractivity contribution in [2.75, 3.05) is 20.2 Å². The first-order valence-corrected chi connectivity index (χ1v) is 13.1. The Balaban J connectivity index is 1.38.